The average molecular weight is 395 g/mol. The number of hydrogen-bond acceptors (Lipinski definition) is 5. The quantitative estimate of drug-likeness (QED) is 0.371. The lowest BCUT2D eigenvalue weighted by atomic mass is 10.1. The van der Waals surface area contributed by atoms with Crippen LogP contribution in [0.2, 0.25) is 0 Å². The number of nitrogens with zero attached hydrogens (tertiary/aromatic N) is 1. The van der Waals surface area contributed by atoms with Crippen molar-refractivity contribution >= 4 is 40.0 Å². The summed E-state index contributed by atoms with van der Waals surface area (Å²) in [5.41, 5.74) is 4.54. The van der Waals surface area contributed by atoms with Crippen LogP contribution in [0.4, 0.5) is 5.69 Å². The van der Waals surface area contributed by atoms with Crippen molar-refractivity contribution < 1.29 is 14.2 Å². The number of rotatable bonds is 6. The van der Waals surface area contributed by atoms with Crippen LogP contribution in [-0.4, -0.2) is 32.7 Å². The lowest BCUT2D eigenvalue weighted by Crippen LogP contribution is -2.23. The minimum atomic E-state index is 0.369. The number of hydrazone groups is 1. The molecule has 7 heteroatoms. The number of thiocarbonyl (C=S) groups is 1. The molecule has 144 valence electrons. The molecule has 0 bridgehead atoms. The van der Waals surface area contributed by atoms with Gasteiger partial charge in [-0.1, -0.05) is 18.2 Å². The molecule has 0 unspecified atom stereocenters. The van der Waals surface area contributed by atoms with Gasteiger partial charge in [-0.05, 0) is 58.9 Å². The van der Waals surface area contributed by atoms with E-state index in [0.29, 0.717) is 16.6 Å². The van der Waals surface area contributed by atoms with Crippen LogP contribution in [0.3, 0.4) is 0 Å². The van der Waals surface area contributed by atoms with E-state index in [2.05, 4.69) is 15.8 Å². The molecule has 0 aliphatic heterocycles. The molecule has 3 aromatic carbocycles. The zero-order valence-corrected chi connectivity index (χ0v) is 16.7. The van der Waals surface area contributed by atoms with Crippen LogP contribution < -0.4 is 25.0 Å². The van der Waals surface area contributed by atoms with Crippen molar-refractivity contribution in [3.63, 3.8) is 0 Å². The smallest absolute Gasteiger partial charge is 0.191 e. The van der Waals surface area contributed by atoms with Gasteiger partial charge in [-0.3, -0.25) is 5.43 Å². The number of anilines is 1. The van der Waals surface area contributed by atoms with E-state index >= 15 is 0 Å². The molecule has 0 radical (unpaired) electrons. The first-order valence-electron chi connectivity index (χ1n) is 8.53. The summed E-state index contributed by atoms with van der Waals surface area (Å²) < 4.78 is 15.8. The Morgan fingerprint density at radius 2 is 1.61 bits per heavy atom. The number of ether oxygens (including phenoxy) is 3. The summed E-state index contributed by atoms with van der Waals surface area (Å²) in [5.74, 6) is 2.10. The van der Waals surface area contributed by atoms with Gasteiger partial charge >= 0.3 is 0 Å². The summed E-state index contributed by atoms with van der Waals surface area (Å²) in [6, 6.07) is 17.5. The van der Waals surface area contributed by atoms with Crippen molar-refractivity contribution in [1.82, 2.24) is 5.43 Å². The Morgan fingerprint density at radius 1 is 0.857 bits per heavy atom. The Morgan fingerprint density at radius 3 is 2.36 bits per heavy atom. The van der Waals surface area contributed by atoms with Gasteiger partial charge in [0.15, 0.2) is 16.6 Å². The lowest BCUT2D eigenvalue weighted by molar-refractivity contribution is 0.355. The molecule has 2 N–H and O–H groups in total. The van der Waals surface area contributed by atoms with Crippen LogP contribution in [0, 0.1) is 0 Å². The van der Waals surface area contributed by atoms with Crippen LogP contribution in [0.5, 0.6) is 17.2 Å². The van der Waals surface area contributed by atoms with Crippen LogP contribution in [-0.2, 0) is 0 Å². The van der Waals surface area contributed by atoms with Gasteiger partial charge in [-0.25, -0.2) is 0 Å². The van der Waals surface area contributed by atoms with E-state index in [1.807, 2.05) is 42.5 Å². The monoisotopic (exact) mass is 395 g/mol. The maximum atomic E-state index is 5.28. The molecule has 0 aliphatic carbocycles. The van der Waals surface area contributed by atoms with Gasteiger partial charge in [-0.2, -0.15) is 5.10 Å². The second-order valence-electron chi connectivity index (χ2n) is 5.87. The number of nitrogens with one attached hydrogen (secondary N) is 2. The highest BCUT2D eigenvalue weighted by Crippen LogP contribution is 2.29. The first-order chi connectivity index (χ1) is 13.6. The second-order valence-corrected chi connectivity index (χ2v) is 6.27. The molecular formula is C21H21N3O3S. The molecule has 0 heterocycles. The molecular weight excluding hydrogens is 374 g/mol. The van der Waals surface area contributed by atoms with Gasteiger partial charge in [0, 0.05) is 11.8 Å². The van der Waals surface area contributed by atoms with Gasteiger partial charge in [0.25, 0.3) is 0 Å². The van der Waals surface area contributed by atoms with Crippen molar-refractivity contribution in [2.75, 3.05) is 26.6 Å². The van der Waals surface area contributed by atoms with Crippen molar-refractivity contribution in [1.29, 1.82) is 0 Å². The number of methoxy groups -OCH3 is 3. The fourth-order valence-corrected chi connectivity index (χ4v) is 2.86. The van der Waals surface area contributed by atoms with E-state index in [9.17, 15) is 0 Å². The molecule has 0 atom stereocenters. The second kappa shape index (κ2) is 9.05. The first kappa shape index (κ1) is 19.4. The average Bonchev–Trinajstić information content (AvgIpc) is 2.73. The lowest BCUT2D eigenvalue weighted by Gasteiger charge is -2.11. The number of benzene rings is 3. The third kappa shape index (κ3) is 4.69. The third-order valence-electron chi connectivity index (χ3n) is 4.09. The fraction of sp³-hybridized carbons (Fsp3) is 0.143. The summed E-state index contributed by atoms with van der Waals surface area (Å²) >= 11 is 5.27. The van der Waals surface area contributed by atoms with E-state index in [4.69, 9.17) is 26.4 Å². The first-order valence-corrected chi connectivity index (χ1v) is 8.93. The summed E-state index contributed by atoms with van der Waals surface area (Å²) in [6.07, 6.45) is 1.71. The normalized spacial score (nSPS) is 10.7. The van der Waals surface area contributed by atoms with Gasteiger partial charge in [0.2, 0.25) is 0 Å². The number of fused-ring (bicyclic) bond motifs is 1. The van der Waals surface area contributed by atoms with Crippen LogP contribution >= 0.6 is 12.2 Å². The molecule has 3 rings (SSSR count). The van der Waals surface area contributed by atoms with Gasteiger partial charge in [-0.15, -0.1) is 0 Å². The predicted molar refractivity (Wildman–Crippen MR) is 117 cm³/mol. The van der Waals surface area contributed by atoms with E-state index in [0.717, 1.165) is 27.8 Å². The van der Waals surface area contributed by atoms with Gasteiger partial charge < -0.3 is 19.5 Å². The van der Waals surface area contributed by atoms with Crippen molar-refractivity contribution in [2.24, 2.45) is 5.10 Å². The number of hydrogen-bond donors (Lipinski definition) is 2. The molecule has 0 saturated heterocycles. The Kier molecular flexibility index (Phi) is 6.29. The molecule has 0 spiro atoms. The molecule has 0 aromatic heterocycles. The Labute approximate surface area is 169 Å². The standard InChI is InChI=1S/C21H21N3O3S/c1-25-18-8-6-15-10-14(4-5-16(15)11-18)13-22-24-21(28)23-17-7-9-19(26-2)20(12-17)27-3/h4-13H,1-3H3,(H2,23,24,28)/b22-13-. The van der Waals surface area contributed by atoms with E-state index in [1.54, 1.807) is 39.7 Å². The van der Waals surface area contributed by atoms with Crippen molar-refractivity contribution in [3.05, 3.63) is 60.2 Å². The summed E-state index contributed by atoms with van der Waals surface area (Å²) in [5, 5.41) is 9.83. The molecule has 3 aromatic rings. The summed E-state index contributed by atoms with van der Waals surface area (Å²) in [6.45, 7) is 0. The molecule has 6 nitrogen and oxygen atoms in total. The molecule has 0 amide bonds. The maximum absolute atomic E-state index is 5.28. The Balaban J connectivity index is 1.62. The zero-order valence-electron chi connectivity index (χ0n) is 15.9. The van der Waals surface area contributed by atoms with E-state index < -0.39 is 0 Å². The minimum Gasteiger partial charge on any atom is -0.497 e. The highest BCUT2D eigenvalue weighted by molar-refractivity contribution is 7.80. The fourth-order valence-electron chi connectivity index (χ4n) is 2.69. The molecule has 0 saturated carbocycles. The summed E-state index contributed by atoms with van der Waals surface area (Å²) in [4.78, 5) is 0. The Bertz CT molecular complexity index is 1020. The van der Waals surface area contributed by atoms with E-state index in [1.165, 1.54) is 0 Å². The van der Waals surface area contributed by atoms with Crippen LogP contribution in [0.15, 0.2) is 59.7 Å². The third-order valence-corrected chi connectivity index (χ3v) is 4.29. The highest BCUT2D eigenvalue weighted by Gasteiger charge is 2.05. The summed E-state index contributed by atoms with van der Waals surface area (Å²) in [7, 11) is 4.84. The molecule has 0 fully saturated rings. The van der Waals surface area contributed by atoms with Crippen LogP contribution in [0.25, 0.3) is 10.8 Å². The minimum absolute atomic E-state index is 0.369. The SMILES string of the molecule is COc1ccc2cc(/C=N\NC(=S)Nc3ccc(OC)c(OC)c3)ccc2c1. The zero-order chi connectivity index (χ0) is 19.9. The largest absolute Gasteiger partial charge is 0.497 e. The topological polar surface area (TPSA) is 64.1 Å². The van der Waals surface area contributed by atoms with Crippen LogP contribution in [0.1, 0.15) is 5.56 Å². The molecule has 28 heavy (non-hydrogen) atoms. The molecule has 0 aliphatic rings. The van der Waals surface area contributed by atoms with Crippen molar-refractivity contribution in [3.8, 4) is 17.2 Å². The van der Waals surface area contributed by atoms with E-state index in [-0.39, 0.29) is 0 Å². The highest BCUT2D eigenvalue weighted by atomic mass is 32.1. The predicted octanol–water partition coefficient (Wildman–Crippen LogP) is 4.19. The van der Waals surface area contributed by atoms with Gasteiger partial charge in [0.05, 0.1) is 27.5 Å². The maximum Gasteiger partial charge on any atom is 0.191 e. The van der Waals surface area contributed by atoms with Gasteiger partial charge in [0.1, 0.15) is 5.75 Å². The van der Waals surface area contributed by atoms with Crippen molar-refractivity contribution in [2.45, 2.75) is 0 Å². The Hall–Kier alpha value is -3.32.